The fourth-order valence-corrected chi connectivity index (χ4v) is 5.52. The Morgan fingerprint density at radius 2 is 2.16 bits per heavy atom. The van der Waals surface area contributed by atoms with Crippen molar-refractivity contribution in [1.29, 1.82) is 0 Å². The molecule has 0 saturated carbocycles. The second kappa shape index (κ2) is 7.70. The average Bonchev–Trinajstić information content (AvgIpc) is 2.76. The maximum Gasteiger partial charge on any atom is 0.245 e. The lowest BCUT2D eigenvalue weighted by molar-refractivity contribution is 0.135. The molecule has 1 rings (SSSR count). The number of nitrogens with zero attached hydrogens (tertiary/aromatic N) is 1. The highest BCUT2D eigenvalue weighted by Gasteiger charge is 2.27. The van der Waals surface area contributed by atoms with Crippen LogP contribution in [0.5, 0.6) is 0 Å². The van der Waals surface area contributed by atoms with Gasteiger partial charge < -0.3 is 10.5 Å². The minimum Gasteiger partial charge on any atom is -0.380 e. The van der Waals surface area contributed by atoms with Gasteiger partial charge in [0.15, 0.2) is 0 Å². The van der Waals surface area contributed by atoms with Gasteiger partial charge >= 0.3 is 0 Å². The second-order valence-electron chi connectivity index (χ2n) is 3.75. The van der Waals surface area contributed by atoms with Gasteiger partial charge in [-0.25, -0.2) is 8.42 Å². The molecule has 19 heavy (non-hydrogen) atoms. The van der Waals surface area contributed by atoms with Gasteiger partial charge in [0.25, 0.3) is 0 Å². The average molecular weight is 371 g/mol. The SMILES string of the molecule is CCOCCN(CC)S(=O)(=O)c1cc(CN)sc1Br. The van der Waals surface area contributed by atoms with E-state index >= 15 is 0 Å². The maximum absolute atomic E-state index is 12.5. The molecule has 0 aliphatic heterocycles. The van der Waals surface area contributed by atoms with Crippen LogP contribution in [0.25, 0.3) is 0 Å². The summed E-state index contributed by atoms with van der Waals surface area (Å²) in [5.74, 6) is 0. The largest absolute Gasteiger partial charge is 0.380 e. The molecule has 0 bridgehead atoms. The highest BCUT2D eigenvalue weighted by atomic mass is 79.9. The van der Waals surface area contributed by atoms with Crippen LogP contribution >= 0.6 is 27.3 Å². The van der Waals surface area contributed by atoms with Crippen LogP contribution in [0, 0.1) is 0 Å². The normalized spacial score (nSPS) is 12.3. The van der Waals surface area contributed by atoms with Crippen LogP contribution in [0.15, 0.2) is 14.7 Å². The first-order valence-corrected chi connectivity index (χ1v) is 9.08. The van der Waals surface area contributed by atoms with Gasteiger partial charge in [0.05, 0.1) is 10.4 Å². The van der Waals surface area contributed by atoms with Crippen LogP contribution in [0.2, 0.25) is 0 Å². The Labute approximate surface area is 126 Å². The van der Waals surface area contributed by atoms with E-state index in [4.69, 9.17) is 10.5 Å². The van der Waals surface area contributed by atoms with Crippen molar-refractivity contribution >= 4 is 37.3 Å². The zero-order valence-electron chi connectivity index (χ0n) is 11.1. The Kier molecular flexibility index (Phi) is 6.92. The summed E-state index contributed by atoms with van der Waals surface area (Å²) >= 11 is 4.65. The molecule has 0 fully saturated rings. The predicted octanol–water partition coefficient (Wildman–Crippen LogP) is 2.02. The van der Waals surface area contributed by atoms with Gasteiger partial charge in [0.1, 0.15) is 4.90 Å². The summed E-state index contributed by atoms with van der Waals surface area (Å²) in [6, 6.07) is 1.63. The van der Waals surface area contributed by atoms with Crippen molar-refractivity contribution in [3.63, 3.8) is 0 Å². The van der Waals surface area contributed by atoms with E-state index in [1.807, 2.05) is 13.8 Å². The fourth-order valence-electron chi connectivity index (χ4n) is 1.57. The number of halogens is 1. The Bertz CT molecular complexity index is 502. The van der Waals surface area contributed by atoms with E-state index in [1.165, 1.54) is 15.6 Å². The molecule has 0 saturated heterocycles. The Morgan fingerprint density at radius 3 is 2.63 bits per heavy atom. The lowest BCUT2D eigenvalue weighted by Crippen LogP contribution is -2.33. The van der Waals surface area contributed by atoms with Crippen molar-refractivity contribution in [3.8, 4) is 0 Å². The molecule has 0 amide bonds. The van der Waals surface area contributed by atoms with E-state index < -0.39 is 10.0 Å². The molecule has 0 atom stereocenters. The number of hydrogen-bond acceptors (Lipinski definition) is 5. The van der Waals surface area contributed by atoms with Crippen LogP contribution in [0.4, 0.5) is 0 Å². The highest BCUT2D eigenvalue weighted by Crippen LogP contribution is 2.33. The van der Waals surface area contributed by atoms with Crippen LogP contribution < -0.4 is 5.73 Å². The number of sulfonamides is 1. The molecule has 5 nitrogen and oxygen atoms in total. The molecular formula is C11H19BrN2O3S2. The first-order chi connectivity index (χ1) is 8.97. The molecule has 1 aromatic rings. The molecule has 110 valence electrons. The zero-order chi connectivity index (χ0) is 14.5. The van der Waals surface area contributed by atoms with Gasteiger partial charge in [-0.05, 0) is 28.9 Å². The summed E-state index contributed by atoms with van der Waals surface area (Å²) in [5.41, 5.74) is 5.54. The molecule has 0 radical (unpaired) electrons. The quantitative estimate of drug-likeness (QED) is 0.710. The molecule has 1 aromatic heterocycles. The number of thiophene rings is 1. The van der Waals surface area contributed by atoms with Crippen molar-refractivity contribution in [2.45, 2.75) is 25.3 Å². The Hall–Kier alpha value is 0.01000. The summed E-state index contributed by atoms with van der Waals surface area (Å²) in [6.07, 6.45) is 0. The molecule has 0 aliphatic carbocycles. The fraction of sp³-hybridized carbons (Fsp3) is 0.636. The molecule has 0 spiro atoms. The van der Waals surface area contributed by atoms with E-state index in [1.54, 1.807) is 6.07 Å². The van der Waals surface area contributed by atoms with Crippen molar-refractivity contribution in [3.05, 3.63) is 14.7 Å². The summed E-state index contributed by atoms with van der Waals surface area (Å²) in [7, 11) is -3.49. The molecule has 0 aliphatic rings. The predicted molar refractivity (Wildman–Crippen MR) is 80.8 cm³/mol. The van der Waals surface area contributed by atoms with Crippen LogP contribution in [-0.2, 0) is 21.3 Å². The van der Waals surface area contributed by atoms with E-state index in [0.717, 1.165) is 4.88 Å². The van der Waals surface area contributed by atoms with E-state index in [9.17, 15) is 8.42 Å². The van der Waals surface area contributed by atoms with E-state index in [-0.39, 0.29) is 4.90 Å². The second-order valence-corrected chi connectivity index (χ2v) is 8.11. The van der Waals surface area contributed by atoms with Crippen molar-refractivity contribution in [2.24, 2.45) is 5.73 Å². The Balaban J connectivity index is 2.96. The molecular weight excluding hydrogens is 352 g/mol. The first kappa shape index (κ1) is 17.1. The number of rotatable bonds is 8. The summed E-state index contributed by atoms with van der Waals surface area (Å²) in [6.45, 7) is 5.78. The molecule has 1 heterocycles. The third-order valence-electron chi connectivity index (χ3n) is 2.57. The molecule has 8 heteroatoms. The maximum atomic E-state index is 12.5. The molecule has 0 unspecified atom stereocenters. The van der Waals surface area contributed by atoms with Crippen LogP contribution in [-0.4, -0.2) is 39.0 Å². The van der Waals surface area contributed by atoms with Gasteiger partial charge in [-0.15, -0.1) is 11.3 Å². The van der Waals surface area contributed by atoms with Crippen LogP contribution in [0.1, 0.15) is 18.7 Å². The number of likely N-dealkylation sites (N-methyl/N-ethyl adjacent to an activating group) is 1. The number of hydrogen-bond donors (Lipinski definition) is 1. The highest BCUT2D eigenvalue weighted by molar-refractivity contribution is 9.11. The van der Waals surface area contributed by atoms with Gasteiger partial charge in [0, 0.05) is 31.1 Å². The number of ether oxygens (including phenoxy) is 1. The van der Waals surface area contributed by atoms with Gasteiger partial charge in [-0.3, -0.25) is 0 Å². The van der Waals surface area contributed by atoms with Crippen molar-refractivity contribution in [2.75, 3.05) is 26.3 Å². The molecule has 2 N–H and O–H groups in total. The lowest BCUT2D eigenvalue weighted by atomic mass is 10.5. The zero-order valence-corrected chi connectivity index (χ0v) is 14.3. The third-order valence-corrected chi connectivity index (χ3v) is 6.82. The monoisotopic (exact) mass is 370 g/mol. The van der Waals surface area contributed by atoms with Gasteiger partial charge in [0.2, 0.25) is 10.0 Å². The van der Waals surface area contributed by atoms with E-state index in [2.05, 4.69) is 15.9 Å². The number of nitrogens with two attached hydrogens (primary N) is 1. The third kappa shape index (κ3) is 4.24. The standard InChI is InChI=1S/C11H19BrN2O3S2/c1-3-14(5-6-17-4-2)19(15,16)10-7-9(8-13)18-11(10)12/h7H,3-6,8,13H2,1-2H3. The minimum atomic E-state index is -3.49. The Morgan fingerprint density at radius 1 is 1.47 bits per heavy atom. The topological polar surface area (TPSA) is 72.6 Å². The summed E-state index contributed by atoms with van der Waals surface area (Å²) < 4.78 is 32.3. The lowest BCUT2D eigenvalue weighted by Gasteiger charge is -2.19. The first-order valence-electron chi connectivity index (χ1n) is 6.03. The minimum absolute atomic E-state index is 0.288. The smallest absolute Gasteiger partial charge is 0.245 e. The molecule has 0 aromatic carbocycles. The van der Waals surface area contributed by atoms with Crippen LogP contribution in [0.3, 0.4) is 0 Å². The van der Waals surface area contributed by atoms with Gasteiger partial charge in [-0.2, -0.15) is 4.31 Å². The summed E-state index contributed by atoms with van der Waals surface area (Å²) in [5, 5.41) is 0. The van der Waals surface area contributed by atoms with Crippen molar-refractivity contribution < 1.29 is 13.2 Å². The summed E-state index contributed by atoms with van der Waals surface area (Å²) in [4.78, 5) is 1.13. The van der Waals surface area contributed by atoms with Crippen molar-refractivity contribution in [1.82, 2.24) is 4.31 Å². The van der Waals surface area contributed by atoms with E-state index in [0.29, 0.717) is 36.6 Å². The van der Waals surface area contributed by atoms with Gasteiger partial charge in [-0.1, -0.05) is 6.92 Å².